The lowest BCUT2D eigenvalue weighted by molar-refractivity contribution is -0.130. The highest BCUT2D eigenvalue weighted by molar-refractivity contribution is 5.76. The van der Waals surface area contributed by atoms with Gasteiger partial charge in [-0.3, -0.25) is 4.79 Å². The van der Waals surface area contributed by atoms with E-state index in [0.29, 0.717) is 32.5 Å². The highest BCUT2D eigenvalue weighted by Gasteiger charge is 2.28. The van der Waals surface area contributed by atoms with Crippen LogP contribution in [0.4, 0.5) is 4.39 Å². The van der Waals surface area contributed by atoms with Crippen molar-refractivity contribution in [3.05, 3.63) is 30.1 Å². The van der Waals surface area contributed by atoms with Gasteiger partial charge >= 0.3 is 0 Å². The average Bonchev–Trinajstić information content (AvgIpc) is 2.95. The van der Waals surface area contributed by atoms with Gasteiger partial charge in [0.25, 0.3) is 0 Å². The number of rotatable bonds is 6. The van der Waals surface area contributed by atoms with E-state index in [1.807, 2.05) is 0 Å². The normalized spacial score (nSPS) is 19.6. The van der Waals surface area contributed by atoms with Gasteiger partial charge in [0.1, 0.15) is 0 Å². The standard InChI is InChI=1S/C16H22FNO3/c1-12(19)13-8-9-18(11-13)16(20)7-4-10-21-15-6-3-2-5-14(15)17/h2-3,5-6,12-13,19H,4,7-11H2,1H3. The molecule has 116 valence electrons. The largest absolute Gasteiger partial charge is 0.491 e. The van der Waals surface area contributed by atoms with E-state index in [1.165, 1.54) is 6.07 Å². The summed E-state index contributed by atoms with van der Waals surface area (Å²) in [6.07, 6.45) is 1.44. The van der Waals surface area contributed by atoms with E-state index in [9.17, 15) is 14.3 Å². The van der Waals surface area contributed by atoms with E-state index in [4.69, 9.17) is 4.74 Å². The molecule has 1 aliphatic heterocycles. The van der Waals surface area contributed by atoms with Crippen LogP contribution in [0.2, 0.25) is 0 Å². The highest BCUT2D eigenvalue weighted by Crippen LogP contribution is 2.21. The Balaban J connectivity index is 1.67. The summed E-state index contributed by atoms with van der Waals surface area (Å²) < 4.78 is 18.6. The number of benzene rings is 1. The van der Waals surface area contributed by atoms with Crippen molar-refractivity contribution in [1.29, 1.82) is 0 Å². The first-order valence-corrected chi connectivity index (χ1v) is 7.41. The number of hydrogen-bond acceptors (Lipinski definition) is 3. The molecule has 2 atom stereocenters. The topological polar surface area (TPSA) is 49.8 Å². The fraction of sp³-hybridized carbons (Fsp3) is 0.562. The van der Waals surface area contributed by atoms with Crippen LogP contribution in [0.3, 0.4) is 0 Å². The Morgan fingerprint density at radius 2 is 2.29 bits per heavy atom. The third kappa shape index (κ3) is 4.43. The molecule has 5 heteroatoms. The Kier molecular flexibility index (Phi) is 5.56. The van der Waals surface area contributed by atoms with Crippen LogP contribution in [-0.2, 0) is 4.79 Å². The van der Waals surface area contributed by atoms with Gasteiger partial charge in [0.2, 0.25) is 5.91 Å². The van der Waals surface area contributed by atoms with Gasteiger partial charge in [-0.05, 0) is 31.9 Å². The quantitative estimate of drug-likeness (QED) is 0.819. The highest BCUT2D eigenvalue weighted by atomic mass is 19.1. The molecular formula is C16H22FNO3. The molecule has 0 bridgehead atoms. The Hall–Kier alpha value is -1.62. The molecule has 1 aromatic carbocycles. The third-order valence-electron chi connectivity index (χ3n) is 3.89. The van der Waals surface area contributed by atoms with E-state index >= 15 is 0 Å². The van der Waals surface area contributed by atoms with Crippen molar-refractivity contribution in [3.8, 4) is 5.75 Å². The van der Waals surface area contributed by atoms with Gasteiger partial charge in [0.05, 0.1) is 12.7 Å². The fourth-order valence-corrected chi connectivity index (χ4v) is 2.53. The van der Waals surface area contributed by atoms with Crippen molar-refractivity contribution in [2.24, 2.45) is 5.92 Å². The molecule has 0 saturated carbocycles. The zero-order valence-electron chi connectivity index (χ0n) is 12.3. The van der Waals surface area contributed by atoms with Gasteiger partial charge in [0.15, 0.2) is 11.6 Å². The maximum Gasteiger partial charge on any atom is 0.222 e. The minimum absolute atomic E-state index is 0.0790. The Labute approximate surface area is 124 Å². The predicted octanol–water partition coefficient (Wildman–Crippen LogP) is 2.21. The predicted molar refractivity (Wildman–Crippen MR) is 77.5 cm³/mol. The fourth-order valence-electron chi connectivity index (χ4n) is 2.53. The molecule has 1 fully saturated rings. The zero-order valence-corrected chi connectivity index (χ0v) is 12.3. The number of carbonyl (C=O) groups is 1. The van der Waals surface area contributed by atoms with Gasteiger partial charge < -0.3 is 14.7 Å². The number of para-hydroxylation sites is 1. The van der Waals surface area contributed by atoms with Gasteiger partial charge in [-0.25, -0.2) is 4.39 Å². The van der Waals surface area contributed by atoms with Crippen molar-refractivity contribution >= 4 is 5.91 Å². The maximum absolute atomic E-state index is 13.3. The van der Waals surface area contributed by atoms with Crippen LogP contribution in [0.1, 0.15) is 26.2 Å². The number of halogens is 1. The molecule has 1 aromatic rings. The van der Waals surface area contributed by atoms with Gasteiger partial charge in [0, 0.05) is 25.4 Å². The number of likely N-dealkylation sites (tertiary alicyclic amines) is 1. The Morgan fingerprint density at radius 3 is 2.95 bits per heavy atom. The number of nitrogens with zero attached hydrogens (tertiary/aromatic N) is 1. The summed E-state index contributed by atoms with van der Waals surface area (Å²) >= 11 is 0. The summed E-state index contributed by atoms with van der Waals surface area (Å²) in [5, 5.41) is 9.52. The maximum atomic E-state index is 13.3. The summed E-state index contributed by atoms with van der Waals surface area (Å²) in [6.45, 7) is 3.43. The van der Waals surface area contributed by atoms with Crippen LogP contribution in [0.5, 0.6) is 5.75 Å². The number of amides is 1. The molecule has 1 saturated heterocycles. The number of carbonyl (C=O) groups excluding carboxylic acids is 1. The molecule has 0 aliphatic carbocycles. The summed E-state index contributed by atoms with van der Waals surface area (Å²) in [6, 6.07) is 6.24. The molecular weight excluding hydrogens is 273 g/mol. The number of hydrogen-bond donors (Lipinski definition) is 1. The SMILES string of the molecule is CC(O)C1CCN(C(=O)CCCOc2ccccc2F)C1. The summed E-state index contributed by atoms with van der Waals surface area (Å²) in [4.78, 5) is 13.8. The molecule has 1 N–H and O–H groups in total. The van der Waals surface area contributed by atoms with E-state index in [0.717, 1.165) is 6.42 Å². The van der Waals surface area contributed by atoms with Crippen molar-refractivity contribution in [1.82, 2.24) is 4.90 Å². The van der Waals surface area contributed by atoms with Crippen molar-refractivity contribution < 1.29 is 19.0 Å². The van der Waals surface area contributed by atoms with Crippen molar-refractivity contribution in [2.75, 3.05) is 19.7 Å². The summed E-state index contributed by atoms with van der Waals surface area (Å²) in [5.41, 5.74) is 0. The molecule has 21 heavy (non-hydrogen) atoms. The van der Waals surface area contributed by atoms with Gasteiger partial charge in [-0.2, -0.15) is 0 Å². The molecule has 2 rings (SSSR count). The lowest BCUT2D eigenvalue weighted by Crippen LogP contribution is -2.30. The smallest absolute Gasteiger partial charge is 0.222 e. The molecule has 1 aliphatic rings. The zero-order chi connectivity index (χ0) is 15.2. The van der Waals surface area contributed by atoms with Crippen molar-refractivity contribution in [3.63, 3.8) is 0 Å². The Morgan fingerprint density at radius 1 is 1.52 bits per heavy atom. The number of ether oxygens (including phenoxy) is 1. The van der Waals surface area contributed by atoms with E-state index in [1.54, 1.807) is 30.0 Å². The van der Waals surface area contributed by atoms with Crippen LogP contribution >= 0.6 is 0 Å². The molecule has 4 nitrogen and oxygen atoms in total. The molecule has 2 unspecified atom stereocenters. The van der Waals surface area contributed by atoms with E-state index < -0.39 is 0 Å². The number of aliphatic hydroxyl groups excluding tert-OH is 1. The number of aliphatic hydroxyl groups is 1. The molecule has 0 aromatic heterocycles. The van der Waals surface area contributed by atoms with Crippen LogP contribution in [-0.4, -0.2) is 41.7 Å². The van der Waals surface area contributed by atoms with Gasteiger partial charge in [-0.15, -0.1) is 0 Å². The minimum Gasteiger partial charge on any atom is -0.491 e. The summed E-state index contributed by atoms with van der Waals surface area (Å²) in [7, 11) is 0. The monoisotopic (exact) mass is 295 g/mol. The molecule has 1 heterocycles. The second kappa shape index (κ2) is 7.41. The van der Waals surface area contributed by atoms with E-state index in [2.05, 4.69) is 0 Å². The second-order valence-electron chi connectivity index (χ2n) is 5.51. The first-order valence-electron chi connectivity index (χ1n) is 7.41. The molecule has 0 radical (unpaired) electrons. The van der Waals surface area contributed by atoms with Gasteiger partial charge in [-0.1, -0.05) is 12.1 Å². The van der Waals surface area contributed by atoms with Crippen LogP contribution in [0, 0.1) is 11.7 Å². The van der Waals surface area contributed by atoms with Crippen LogP contribution in [0.15, 0.2) is 24.3 Å². The first-order chi connectivity index (χ1) is 10.1. The average molecular weight is 295 g/mol. The Bertz CT molecular complexity index is 478. The first kappa shape index (κ1) is 15.8. The third-order valence-corrected chi connectivity index (χ3v) is 3.89. The van der Waals surface area contributed by atoms with Crippen LogP contribution < -0.4 is 4.74 Å². The lowest BCUT2D eigenvalue weighted by atomic mass is 10.0. The molecule has 0 spiro atoms. The van der Waals surface area contributed by atoms with Crippen molar-refractivity contribution in [2.45, 2.75) is 32.3 Å². The lowest BCUT2D eigenvalue weighted by Gasteiger charge is -2.17. The molecule has 1 amide bonds. The second-order valence-corrected chi connectivity index (χ2v) is 5.51. The van der Waals surface area contributed by atoms with Crippen LogP contribution in [0.25, 0.3) is 0 Å². The van der Waals surface area contributed by atoms with E-state index in [-0.39, 0.29) is 29.5 Å². The summed E-state index contributed by atoms with van der Waals surface area (Å²) in [5.74, 6) is 0.0994. The minimum atomic E-state index is -0.386.